The molecule has 0 aromatic heterocycles. The Labute approximate surface area is 186 Å². The van der Waals surface area contributed by atoms with Crippen molar-refractivity contribution in [3.8, 4) is 11.5 Å². The number of aryl methyl sites for hydroxylation is 1. The van der Waals surface area contributed by atoms with Gasteiger partial charge in [-0.1, -0.05) is 29.8 Å². The van der Waals surface area contributed by atoms with E-state index in [2.05, 4.69) is 10.6 Å². The molecule has 0 spiro atoms. The first kappa shape index (κ1) is 21.7. The third kappa shape index (κ3) is 4.85. The maximum Gasteiger partial charge on any atom is 0.242 e. The predicted molar refractivity (Wildman–Crippen MR) is 119 cm³/mol. The summed E-state index contributed by atoms with van der Waals surface area (Å²) in [5, 5.41) is 5.56. The molecule has 2 aliphatic heterocycles. The maximum absolute atomic E-state index is 12.7. The van der Waals surface area contributed by atoms with E-state index in [1.165, 1.54) is 0 Å². The molecule has 3 amide bonds. The molecule has 32 heavy (non-hydrogen) atoms. The Morgan fingerprint density at radius 1 is 1.09 bits per heavy atom. The minimum Gasteiger partial charge on any atom is -0.486 e. The topological polar surface area (TPSA) is 97.0 Å². The number of hydrogen-bond donors (Lipinski definition) is 2. The highest BCUT2D eigenvalue weighted by Crippen LogP contribution is 2.36. The molecule has 2 aromatic carbocycles. The van der Waals surface area contributed by atoms with E-state index < -0.39 is 12.0 Å². The Kier molecular flexibility index (Phi) is 6.30. The van der Waals surface area contributed by atoms with Gasteiger partial charge in [0, 0.05) is 31.3 Å². The van der Waals surface area contributed by atoms with Crippen molar-refractivity contribution >= 4 is 23.4 Å². The van der Waals surface area contributed by atoms with E-state index in [0.29, 0.717) is 36.9 Å². The standard InChI is InChI=1S/C24H27N3O5/c1-15-3-5-17(6-4-15)13-25-23(29)16(2)26-24(30)18-11-22(28)27(14-18)19-7-8-20-21(12-19)32-10-9-31-20/h3-8,12,16,18H,9-11,13-14H2,1-2H3,(H,25,29)(H,26,30). The molecule has 2 aromatic rings. The Balaban J connectivity index is 1.31. The van der Waals surface area contributed by atoms with E-state index in [0.717, 1.165) is 11.1 Å². The van der Waals surface area contributed by atoms with Gasteiger partial charge in [0.1, 0.15) is 19.3 Å². The molecule has 2 N–H and O–H groups in total. The lowest BCUT2D eigenvalue weighted by Crippen LogP contribution is -2.46. The Morgan fingerprint density at radius 2 is 1.81 bits per heavy atom. The fourth-order valence-electron chi connectivity index (χ4n) is 3.78. The number of rotatable bonds is 6. The zero-order chi connectivity index (χ0) is 22.7. The zero-order valence-corrected chi connectivity index (χ0v) is 18.2. The summed E-state index contributed by atoms with van der Waals surface area (Å²) in [6.07, 6.45) is 0.0952. The van der Waals surface area contributed by atoms with E-state index in [1.807, 2.05) is 31.2 Å². The first-order valence-electron chi connectivity index (χ1n) is 10.7. The van der Waals surface area contributed by atoms with E-state index in [1.54, 1.807) is 30.0 Å². The molecule has 2 unspecified atom stereocenters. The van der Waals surface area contributed by atoms with Gasteiger partial charge in [-0.15, -0.1) is 0 Å². The number of amides is 3. The summed E-state index contributed by atoms with van der Waals surface area (Å²) in [4.78, 5) is 39.2. The van der Waals surface area contributed by atoms with Gasteiger partial charge in [-0.2, -0.15) is 0 Å². The second-order valence-electron chi connectivity index (χ2n) is 8.17. The summed E-state index contributed by atoms with van der Waals surface area (Å²) in [5.41, 5.74) is 2.80. The normalized spacial score (nSPS) is 18.2. The molecular weight excluding hydrogens is 410 g/mol. The number of ether oxygens (including phenoxy) is 2. The van der Waals surface area contributed by atoms with Crippen LogP contribution in [-0.2, 0) is 20.9 Å². The highest BCUT2D eigenvalue weighted by atomic mass is 16.6. The Morgan fingerprint density at radius 3 is 2.56 bits per heavy atom. The number of carbonyl (C=O) groups excluding carboxylic acids is 3. The Bertz CT molecular complexity index is 1020. The van der Waals surface area contributed by atoms with Gasteiger partial charge in [-0.3, -0.25) is 14.4 Å². The van der Waals surface area contributed by atoms with Crippen LogP contribution < -0.4 is 25.0 Å². The van der Waals surface area contributed by atoms with Crippen molar-refractivity contribution in [1.29, 1.82) is 0 Å². The van der Waals surface area contributed by atoms with Gasteiger partial charge in [0.05, 0.1) is 5.92 Å². The summed E-state index contributed by atoms with van der Waals surface area (Å²) >= 11 is 0. The van der Waals surface area contributed by atoms with Crippen molar-refractivity contribution in [1.82, 2.24) is 10.6 Å². The summed E-state index contributed by atoms with van der Waals surface area (Å²) in [5.74, 6) is -0.00981. The zero-order valence-electron chi connectivity index (χ0n) is 18.2. The number of hydrogen-bond acceptors (Lipinski definition) is 5. The third-order valence-corrected chi connectivity index (χ3v) is 5.67. The highest BCUT2D eigenvalue weighted by Gasteiger charge is 2.36. The maximum atomic E-state index is 12.7. The van der Waals surface area contributed by atoms with Crippen LogP contribution in [0.4, 0.5) is 5.69 Å². The van der Waals surface area contributed by atoms with Crippen LogP contribution in [0.3, 0.4) is 0 Å². The monoisotopic (exact) mass is 437 g/mol. The second kappa shape index (κ2) is 9.30. The lowest BCUT2D eigenvalue weighted by Gasteiger charge is -2.22. The Hall–Kier alpha value is -3.55. The van der Waals surface area contributed by atoms with E-state index in [-0.39, 0.29) is 30.7 Å². The molecule has 2 heterocycles. The van der Waals surface area contributed by atoms with Gasteiger partial charge in [-0.05, 0) is 31.5 Å². The molecule has 1 fully saturated rings. The van der Waals surface area contributed by atoms with Crippen LogP contribution in [-0.4, -0.2) is 43.5 Å². The van der Waals surface area contributed by atoms with Crippen LogP contribution in [0.1, 0.15) is 24.5 Å². The van der Waals surface area contributed by atoms with Gasteiger partial charge in [-0.25, -0.2) is 0 Å². The molecule has 8 heteroatoms. The van der Waals surface area contributed by atoms with Gasteiger partial charge >= 0.3 is 0 Å². The molecule has 0 radical (unpaired) electrons. The molecule has 2 atom stereocenters. The first-order chi connectivity index (χ1) is 15.4. The van der Waals surface area contributed by atoms with Crippen molar-refractivity contribution in [2.24, 2.45) is 5.92 Å². The summed E-state index contributed by atoms with van der Waals surface area (Å²) in [6, 6.07) is 12.5. The number of nitrogens with zero attached hydrogens (tertiary/aromatic N) is 1. The average molecular weight is 437 g/mol. The molecular formula is C24H27N3O5. The van der Waals surface area contributed by atoms with Crippen molar-refractivity contribution < 1.29 is 23.9 Å². The molecule has 1 saturated heterocycles. The van der Waals surface area contributed by atoms with Crippen molar-refractivity contribution in [2.75, 3.05) is 24.7 Å². The molecule has 0 bridgehead atoms. The number of anilines is 1. The lowest BCUT2D eigenvalue weighted by atomic mass is 10.1. The number of fused-ring (bicyclic) bond motifs is 1. The van der Waals surface area contributed by atoms with Crippen LogP contribution in [0.2, 0.25) is 0 Å². The minimum absolute atomic E-state index is 0.0952. The van der Waals surface area contributed by atoms with E-state index in [4.69, 9.17) is 9.47 Å². The average Bonchev–Trinajstić information content (AvgIpc) is 3.20. The number of carbonyl (C=O) groups is 3. The predicted octanol–water partition coefficient (Wildman–Crippen LogP) is 1.94. The second-order valence-corrected chi connectivity index (χ2v) is 8.17. The summed E-state index contributed by atoms with van der Waals surface area (Å²) < 4.78 is 11.1. The molecule has 8 nitrogen and oxygen atoms in total. The van der Waals surface area contributed by atoms with Crippen LogP contribution in [0, 0.1) is 12.8 Å². The molecule has 2 aliphatic rings. The molecule has 0 aliphatic carbocycles. The quantitative estimate of drug-likeness (QED) is 0.720. The van der Waals surface area contributed by atoms with Gasteiger partial charge in [0.2, 0.25) is 17.7 Å². The van der Waals surface area contributed by atoms with E-state index >= 15 is 0 Å². The lowest BCUT2D eigenvalue weighted by molar-refractivity contribution is -0.131. The fraction of sp³-hybridized carbons (Fsp3) is 0.375. The van der Waals surface area contributed by atoms with Crippen molar-refractivity contribution in [3.63, 3.8) is 0 Å². The summed E-state index contributed by atoms with van der Waals surface area (Å²) in [6.45, 7) is 5.23. The first-order valence-corrected chi connectivity index (χ1v) is 10.7. The third-order valence-electron chi connectivity index (χ3n) is 5.67. The van der Waals surface area contributed by atoms with Crippen molar-refractivity contribution in [2.45, 2.75) is 32.9 Å². The smallest absolute Gasteiger partial charge is 0.242 e. The van der Waals surface area contributed by atoms with Crippen molar-refractivity contribution in [3.05, 3.63) is 53.6 Å². The van der Waals surface area contributed by atoms with Crippen LogP contribution >= 0.6 is 0 Å². The van der Waals surface area contributed by atoms with Crippen LogP contribution in [0.15, 0.2) is 42.5 Å². The SMILES string of the molecule is Cc1ccc(CNC(=O)C(C)NC(=O)C2CC(=O)N(c3ccc4c(c3)OCCO4)C2)cc1. The van der Waals surface area contributed by atoms with E-state index in [9.17, 15) is 14.4 Å². The molecule has 4 rings (SSSR count). The minimum atomic E-state index is -0.702. The molecule has 168 valence electrons. The largest absolute Gasteiger partial charge is 0.486 e. The summed E-state index contributed by atoms with van der Waals surface area (Å²) in [7, 11) is 0. The van der Waals surface area contributed by atoms with Gasteiger partial charge < -0.3 is 25.0 Å². The number of benzene rings is 2. The van der Waals surface area contributed by atoms with Gasteiger partial charge in [0.25, 0.3) is 0 Å². The van der Waals surface area contributed by atoms with Crippen LogP contribution in [0.5, 0.6) is 11.5 Å². The highest BCUT2D eigenvalue weighted by molar-refractivity contribution is 6.01. The fourth-order valence-corrected chi connectivity index (χ4v) is 3.78. The van der Waals surface area contributed by atoms with Gasteiger partial charge in [0.15, 0.2) is 11.5 Å². The number of nitrogens with one attached hydrogen (secondary N) is 2. The van der Waals surface area contributed by atoms with Crippen LogP contribution in [0.25, 0.3) is 0 Å². The molecule has 0 saturated carbocycles.